The zero-order valence-corrected chi connectivity index (χ0v) is 93.6. The summed E-state index contributed by atoms with van der Waals surface area (Å²) in [5.41, 5.74) is 8.23. The van der Waals surface area contributed by atoms with Gasteiger partial charge in [0.1, 0.15) is 17.2 Å². The number of hydrogen-bond acceptors (Lipinski definition) is 22. The lowest BCUT2D eigenvalue weighted by Crippen LogP contribution is -2.58. The van der Waals surface area contributed by atoms with Crippen LogP contribution in [0, 0.1) is 53.3 Å². The Balaban J connectivity index is 0.000000140. The van der Waals surface area contributed by atoms with Gasteiger partial charge in [-0.15, -0.1) is 0 Å². The first kappa shape index (κ1) is 109. The molecule has 31 heteroatoms. The molecule has 6 aromatic rings. The number of anilines is 3. The van der Waals surface area contributed by atoms with Gasteiger partial charge < -0.3 is 58.8 Å². The normalized spacial score (nSPS) is 35.3. The maximum Gasteiger partial charge on any atom is 0.264 e. The number of carbonyl (C=O) groups is 3. The van der Waals surface area contributed by atoms with E-state index in [-0.39, 0.29) is 80.0 Å². The SMILES string of the molecule is C=S1(=O)NC(=O)c2ccc3c(c2)N(C[C@@H]2CC[C@H]2[C@@](O)(CN2CCCN(C)CC2)CCC[C@H](C)[C@H]1C)C[C@@]1(CCCc2cc(Cl)ccc21)CO3.C=S1(=O)NC(=O)c2ccc3c(c2)N(C[C@@H]2CC[C@H]2[C@@](O)(CN2CCOCC2)CCC[C@H](C)[C@H]1C)C[C@@]1(CCCc2cc(Cl)ccc21)CO3.C[C@@H]1[C@@H](C)CCC[C@@](O)(CN2CCCN(C)CC2)[C@@H]2CC[C@H]2CN2C[C@@]3(CCCc4cc(Cl)ccc43)COc3ccc(cc32)C(=O)NS1(=O)=O. The Morgan fingerprint density at radius 1 is 0.372 bits per heavy atom. The molecule has 3 saturated carbocycles. The molecule has 810 valence electrons. The molecule has 6 aromatic carbocycles. The van der Waals surface area contributed by atoms with E-state index in [2.05, 4.69) is 129 Å². The van der Waals surface area contributed by atoms with Crippen LogP contribution < -0.4 is 43.1 Å². The zero-order valence-electron chi connectivity index (χ0n) is 88.9. The van der Waals surface area contributed by atoms with Crippen molar-refractivity contribution in [2.45, 2.75) is 257 Å². The number of morpholine rings is 1. The summed E-state index contributed by atoms with van der Waals surface area (Å²) in [6, 6.07) is 35.4. The highest BCUT2D eigenvalue weighted by molar-refractivity contribution is 7.99. The summed E-state index contributed by atoms with van der Waals surface area (Å²) in [5, 5.41) is 39.2. The first-order valence-electron chi connectivity index (χ1n) is 55.8. The Labute approximate surface area is 896 Å². The van der Waals surface area contributed by atoms with Crippen LogP contribution in [-0.4, -0.2) is 290 Å². The quantitative estimate of drug-likeness (QED) is 0.0845. The molecule has 25 nitrogen and oxygen atoms in total. The number of hydrogen-bond donors (Lipinski definition) is 6. The second-order valence-corrected chi connectivity index (χ2v) is 56.4. The first-order chi connectivity index (χ1) is 70.7. The molecule has 6 bridgehead atoms. The number of ether oxygens (including phenoxy) is 4. The smallest absolute Gasteiger partial charge is 0.264 e. The molecule has 3 saturated heterocycles. The van der Waals surface area contributed by atoms with E-state index in [1.165, 1.54) is 33.4 Å². The molecule has 6 fully saturated rings. The number of amides is 3. The van der Waals surface area contributed by atoms with Crippen molar-refractivity contribution in [2.24, 2.45) is 53.3 Å². The average molecular weight is 2150 g/mol. The van der Waals surface area contributed by atoms with Gasteiger partial charge in [-0.2, -0.15) is 0 Å². The molecule has 0 aromatic heterocycles. The van der Waals surface area contributed by atoms with Crippen LogP contribution in [0.2, 0.25) is 15.1 Å². The van der Waals surface area contributed by atoms with Gasteiger partial charge >= 0.3 is 0 Å². The number of fused-ring (bicyclic) bond motifs is 12. The van der Waals surface area contributed by atoms with Gasteiger partial charge in [-0.1, -0.05) is 93.0 Å². The van der Waals surface area contributed by atoms with E-state index < -0.39 is 57.4 Å². The fourth-order valence-electron chi connectivity index (χ4n) is 28.5. The first-order valence-corrected chi connectivity index (χ1v) is 62.1. The van der Waals surface area contributed by atoms with Gasteiger partial charge in [0, 0.05) is 157 Å². The number of halogens is 3. The van der Waals surface area contributed by atoms with Crippen molar-refractivity contribution in [3.05, 3.63) is 174 Å². The Morgan fingerprint density at radius 2 is 0.696 bits per heavy atom. The van der Waals surface area contributed by atoms with Crippen molar-refractivity contribution in [2.75, 3.05) is 186 Å². The third-order valence-electron chi connectivity index (χ3n) is 38.5. The third-order valence-corrected chi connectivity index (χ3v) is 45.5. The predicted octanol–water partition coefficient (Wildman–Crippen LogP) is 16.7. The fraction of sp³-hybridized carbons (Fsp3) is 0.650. The summed E-state index contributed by atoms with van der Waals surface area (Å²) in [7, 11) is -5.44. The number of sulfonamides is 1. The molecule has 9 aliphatic heterocycles. The predicted molar refractivity (Wildman–Crippen MR) is 598 cm³/mol. The molecule has 0 radical (unpaired) electrons. The van der Waals surface area contributed by atoms with Crippen molar-refractivity contribution in [1.29, 1.82) is 0 Å². The minimum Gasteiger partial charge on any atom is -0.490 e. The topological polar surface area (TPSA) is 279 Å². The van der Waals surface area contributed by atoms with E-state index in [1.54, 1.807) is 25.1 Å². The second kappa shape index (κ2) is 45.1. The van der Waals surface area contributed by atoms with Crippen molar-refractivity contribution in [3.63, 3.8) is 0 Å². The molecule has 3 amide bonds. The summed E-state index contributed by atoms with van der Waals surface area (Å²) < 4.78 is 88.7. The van der Waals surface area contributed by atoms with Crippen molar-refractivity contribution >= 4 is 111 Å². The number of nitrogens with one attached hydrogen (secondary N) is 3. The molecule has 6 N–H and O–H groups in total. The van der Waals surface area contributed by atoms with E-state index in [0.717, 1.165) is 283 Å². The second-order valence-electron chi connectivity index (χ2n) is 48.3. The van der Waals surface area contributed by atoms with E-state index in [9.17, 15) is 46.5 Å². The van der Waals surface area contributed by atoms with Gasteiger partial charge in [0.2, 0.25) is 10.0 Å². The third kappa shape index (κ3) is 23.6. The lowest BCUT2D eigenvalue weighted by Gasteiger charge is -2.51. The number of benzene rings is 6. The van der Waals surface area contributed by atoms with Crippen molar-refractivity contribution in [1.82, 2.24) is 38.7 Å². The summed E-state index contributed by atoms with van der Waals surface area (Å²) in [5.74, 6) is 10.2. The van der Waals surface area contributed by atoms with E-state index >= 15 is 0 Å². The molecular formula is C117H164Cl3N11O14S3. The van der Waals surface area contributed by atoms with Gasteiger partial charge in [0.05, 0.1) is 91.6 Å². The molecule has 6 aliphatic carbocycles. The van der Waals surface area contributed by atoms with Crippen LogP contribution in [0.5, 0.6) is 17.2 Å². The number of rotatable bonds is 6. The number of likely N-dealkylation sites (N-methyl/N-ethyl adjacent to an activating group) is 2. The number of carbonyl (C=O) groups excluding carboxylic acids is 3. The average Bonchev–Trinajstić information content (AvgIpc) is 1.41. The zero-order chi connectivity index (χ0) is 104. The molecule has 9 heterocycles. The van der Waals surface area contributed by atoms with Crippen molar-refractivity contribution in [3.8, 4) is 17.2 Å². The lowest BCUT2D eigenvalue weighted by molar-refractivity contribution is -0.115. The van der Waals surface area contributed by atoms with Gasteiger partial charge in [0.25, 0.3) is 17.7 Å². The Bertz CT molecular complexity index is 5920. The van der Waals surface area contributed by atoms with Gasteiger partial charge in [0.15, 0.2) is 0 Å². The summed E-state index contributed by atoms with van der Waals surface area (Å²) >= 11 is 19.4. The van der Waals surface area contributed by atoms with Crippen LogP contribution in [0.15, 0.2) is 109 Å². The molecule has 148 heavy (non-hydrogen) atoms. The number of aliphatic hydroxyl groups is 3. The van der Waals surface area contributed by atoms with Crippen LogP contribution in [0.3, 0.4) is 0 Å². The highest BCUT2D eigenvalue weighted by Gasteiger charge is 2.55. The van der Waals surface area contributed by atoms with Crippen LogP contribution >= 0.6 is 34.8 Å². The fourth-order valence-corrected chi connectivity index (χ4v) is 33.4. The molecule has 2 unspecified atom stereocenters. The van der Waals surface area contributed by atoms with Gasteiger partial charge in [-0.05, 0) is 398 Å². The van der Waals surface area contributed by atoms with Gasteiger partial charge in [-0.25, -0.2) is 21.6 Å². The van der Waals surface area contributed by atoms with Gasteiger partial charge in [-0.3, -0.25) is 38.5 Å². The lowest BCUT2D eigenvalue weighted by atomic mass is 9.62. The van der Waals surface area contributed by atoms with Crippen molar-refractivity contribution < 1.29 is 65.5 Å². The summed E-state index contributed by atoms with van der Waals surface area (Å²) in [4.78, 5) is 60.4. The summed E-state index contributed by atoms with van der Waals surface area (Å²) in [6.07, 6.45) is 24.1. The standard InChI is InChI=1S/C40H57ClN4O4S.C39H55ClN4O5S.C38H52ClN3O5S/c1-28-8-5-17-40(47,26-44-19-7-18-43(3)20-21-44)35-13-10-32(35)24-45-25-39(16-6-9-30-22-33(41)12-14-34(30)39)27-49-37-15-11-31(23-36(37)45)38(46)42-50(4,48)29(28)2;1-27-7-4-16-39(46,25-43-18-6-17-42(3)19-20-43)34-12-9-31(34)23-44-24-38(15-5-8-29-21-32(40)11-13-33(29)38)26-49-36-14-10-30(22-35(36)44)37(45)41-50(47,48)28(27)2;1-26-6-4-15-38(44,24-41-16-18-46-19-17-41)33-11-8-30(33)22-42-23-37(14-5-7-28-20-31(39)10-12-32(28)37)25-47-35-13-9-29(21-34(35)42)36(43)40-48(3,45)27(26)2/h11-12,14-15,22-23,28-29,32,35,47H,4-10,13,16-21,24-27H2,1-3H3,(H,42,46,48);10-11,13-14,21-22,27-28,31,34,46H,4-9,12,15-20,23-26H2,1-3H3,(H,41,45);9-10,12-13,20-21,26-27,30,33,44H,3-8,11,14-19,22-25H2,1-2H3,(H,40,43,45)/t28-,29+,32-,35+,39-,40-,50?;27-,28+,31-,34+,38-,39+;26-,27+,30-,33+,37-,38-,48?/m000/s1. The molecular weight excluding hydrogens is 1990 g/mol. The minimum atomic E-state index is -3.94. The van der Waals surface area contributed by atoms with E-state index in [1.807, 2.05) is 75.4 Å². The van der Waals surface area contributed by atoms with Crippen LogP contribution in [0.1, 0.15) is 254 Å². The highest BCUT2D eigenvalue weighted by atomic mass is 35.5. The summed E-state index contributed by atoms with van der Waals surface area (Å²) in [6.45, 7) is 30.8. The Morgan fingerprint density at radius 3 is 1.03 bits per heavy atom. The maximum atomic E-state index is 14.0. The molecule has 15 aliphatic rings. The number of nitrogens with zero attached hydrogens (tertiary/aromatic N) is 8. The highest BCUT2D eigenvalue weighted by Crippen LogP contribution is 2.56. The van der Waals surface area contributed by atoms with Crippen LogP contribution in [0.25, 0.3) is 0 Å². The Hall–Kier alpha value is -6.97. The largest absolute Gasteiger partial charge is 0.490 e. The van der Waals surface area contributed by atoms with Crippen LogP contribution in [-0.2, 0) is 69.7 Å². The van der Waals surface area contributed by atoms with E-state index in [4.69, 9.17) is 53.8 Å². The molecule has 20 atom stereocenters. The number of aryl methyl sites for hydroxylation is 3. The monoisotopic (exact) mass is 2150 g/mol. The van der Waals surface area contributed by atoms with Crippen LogP contribution in [0.4, 0.5) is 17.1 Å². The molecule has 21 rings (SSSR count). The Kier molecular flexibility index (Phi) is 33.3. The van der Waals surface area contributed by atoms with E-state index in [0.29, 0.717) is 119 Å². The maximum absolute atomic E-state index is 14.0. The minimum absolute atomic E-state index is 0.0633. The molecule has 3 spiro atoms. The number of β-amino-alcohol motifs (C(OH)–C–C–N with tert-alkyl or cyclic N) is 3.